The van der Waals surface area contributed by atoms with Crippen molar-refractivity contribution in [2.45, 2.75) is 5.92 Å². The normalized spacial score (nSPS) is 14.5. The van der Waals surface area contributed by atoms with Crippen molar-refractivity contribution in [3.8, 4) is 11.5 Å². The van der Waals surface area contributed by atoms with Gasteiger partial charge in [0, 0.05) is 47.2 Å². The summed E-state index contributed by atoms with van der Waals surface area (Å²) >= 11 is 18.4. The van der Waals surface area contributed by atoms with Gasteiger partial charge in [-0.1, -0.05) is 23.2 Å². The van der Waals surface area contributed by atoms with Gasteiger partial charge in [-0.2, -0.15) is 0 Å². The summed E-state index contributed by atoms with van der Waals surface area (Å²) in [4.78, 5) is 32.6. The number of amides is 2. The Balaban J connectivity index is 1.32. The molecule has 2 amide bonds. The van der Waals surface area contributed by atoms with Crippen LogP contribution in [0.15, 0.2) is 67.0 Å². The fraction of sp³-hybridized carbons (Fsp3) is 0.138. The molecule has 3 heterocycles. The minimum atomic E-state index is -0.401. The molecule has 6 rings (SSSR count). The molecule has 1 aliphatic heterocycles. The lowest BCUT2D eigenvalue weighted by Crippen LogP contribution is -2.30. The highest BCUT2D eigenvalue weighted by Gasteiger charge is 2.36. The van der Waals surface area contributed by atoms with E-state index in [0.29, 0.717) is 45.6 Å². The second kappa shape index (κ2) is 10.2. The number of anilines is 2. The van der Waals surface area contributed by atoms with E-state index in [0.717, 1.165) is 10.9 Å². The number of aromatic nitrogens is 2. The van der Waals surface area contributed by atoms with Crippen LogP contribution >= 0.6 is 34.8 Å². The van der Waals surface area contributed by atoms with Gasteiger partial charge >= 0.3 is 0 Å². The molecule has 0 radical (unpaired) electrons. The van der Waals surface area contributed by atoms with E-state index in [1.165, 1.54) is 6.07 Å². The maximum absolute atomic E-state index is 13.7. The number of aromatic hydroxyl groups is 1. The first-order valence-corrected chi connectivity index (χ1v) is 13.5. The summed E-state index contributed by atoms with van der Waals surface area (Å²) in [6, 6.07) is 15.0. The van der Waals surface area contributed by atoms with Gasteiger partial charge in [-0.3, -0.25) is 9.59 Å². The predicted octanol–water partition coefficient (Wildman–Crippen LogP) is 6.74. The Morgan fingerprint density at radius 2 is 1.90 bits per heavy atom. The third-order valence-electron chi connectivity index (χ3n) is 6.98. The van der Waals surface area contributed by atoms with Crippen molar-refractivity contribution < 1.29 is 19.4 Å². The fourth-order valence-corrected chi connectivity index (χ4v) is 5.83. The van der Waals surface area contributed by atoms with E-state index in [1.807, 2.05) is 6.07 Å². The van der Waals surface area contributed by atoms with Crippen LogP contribution in [0.1, 0.15) is 32.3 Å². The molecule has 202 valence electrons. The van der Waals surface area contributed by atoms with Crippen molar-refractivity contribution in [1.82, 2.24) is 9.38 Å². The number of carbonyl (C=O) groups is 2. The first-order valence-electron chi connectivity index (χ1n) is 12.2. The maximum atomic E-state index is 13.7. The number of halogens is 3. The summed E-state index contributed by atoms with van der Waals surface area (Å²) in [5.74, 6) is 0.106. The van der Waals surface area contributed by atoms with Crippen LogP contribution in [-0.4, -0.2) is 45.8 Å². The van der Waals surface area contributed by atoms with Gasteiger partial charge in [0.25, 0.3) is 11.8 Å². The number of imidazole rings is 1. The van der Waals surface area contributed by atoms with Gasteiger partial charge < -0.3 is 24.5 Å². The van der Waals surface area contributed by atoms with Crippen molar-refractivity contribution in [3.63, 3.8) is 0 Å². The van der Waals surface area contributed by atoms with E-state index in [4.69, 9.17) is 39.5 Å². The van der Waals surface area contributed by atoms with Gasteiger partial charge in [-0.15, -0.1) is 11.6 Å². The summed E-state index contributed by atoms with van der Waals surface area (Å²) in [6.07, 6.45) is 3.26. The van der Waals surface area contributed by atoms with Crippen molar-refractivity contribution in [1.29, 1.82) is 0 Å². The molecule has 40 heavy (non-hydrogen) atoms. The zero-order chi connectivity index (χ0) is 28.1. The lowest BCUT2D eigenvalue weighted by molar-refractivity contribution is 0.0982. The molecular weight excluding hydrogens is 575 g/mol. The predicted molar refractivity (Wildman–Crippen MR) is 157 cm³/mol. The number of pyridine rings is 1. The summed E-state index contributed by atoms with van der Waals surface area (Å²) < 4.78 is 7.05. The van der Waals surface area contributed by atoms with E-state index in [1.54, 1.807) is 71.3 Å². The molecule has 1 aliphatic rings. The number of nitrogens with zero attached hydrogens (tertiary/aromatic N) is 3. The largest absolute Gasteiger partial charge is 0.507 e. The van der Waals surface area contributed by atoms with Gasteiger partial charge in [-0.05, 0) is 59.5 Å². The Hall–Kier alpha value is -3.98. The Bertz CT molecular complexity index is 1840. The third-order valence-corrected chi connectivity index (χ3v) is 7.90. The van der Waals surface area contributed by atoms with Crippen LogP contribution in [0.25, 0.3) is 16.4 Å². The van der Waals surface area contributed by atoms with Gasteiger partial charge in [0.15, 0.2) is 0 Å². The fourth-order valence-electron chi connectivity index (χ4n) is 5.08. The van der Waals surface area contributed by atoms with Gasteiger partial charge in [0.1, 0.15) is 22.8 Å². The van der Waals surface area contributed by atoms with E-state index in [-0.39, 0.29) is 33.9 Å². The molecule has 0 unspecified atom stereocenters. The van der Waals surface area contributed by atoms with Crippen LogP contribution in [0, 0.1) is 0 Å². The summed E-state index contributed by atoms with van der Waals surface area (Å²) in [5, 5.41) is 15.7. The number of methoxy groups -OCH3 is 1. The Morgan fingerprint density at radius 1 is 1.07 bits per heavy atom. The molecule has 0 bridgehead atoms. The number of hydrogen-bond acceptors (Lipinski definition) is 5. The smallest absolute Gasteiger partial charge is 0.278 e. The van der Waals surface area contributed by atoms with Crippen molar-refractivity contribution in [2.75, 3.05) is 29.8 Å². The quantitative estimate of drug-likeness (QED) is 0.219. The Morgan fingerprint density at radius 3 is 2.65 bits per heavy atom. The highest BCUT2D eigenvalue weighted by Crippen LogP contribution is 2.46. The number of fused-ring (bicyclic) bond motifs is 4. The zero-order valence-corrected chi connectivity index (χ0v) is 23.3. The molecule has 8 nitrogen and oxygen atoms in total. The van der Waals surface area contributed by atoms with Crippen molar-refractivity contribution in [3.05, 3.63) is 93.9 Å². The second-order valence-electron chi connectivity index (χ2n) is 9.39. The number of benzene rings is 3. The van der Waals surface area contributed by atoms with Gasteiger partial charge in [0.05, 0.1) is 29.1 Å². The lowest BCUT2D eigenvalue weighted by Gasteiger charge is -2.17. The van der Waals surface area contributed by atoms with Crippen LogP contribution in [0.4, 0.5) is 11.4 Å². The molecule has 0 saturated carbocycles. The Kier molecular flexibility index (Phi) is 6.70. The summed E-state index contributed by atoms with van der Waals surface area (Å²) in [5.41, 5.74) is 2.95. The maximum Gasteiger partial charge on any atom is 0.278 e. The lowest BCUT2D eigenvalue weighted by atomic mass is 9.95. The standard InChI is InChI=1S/C29H21Cl3N4O4/c1-40-18-4-6-19-21(9-18)27-15(11-30)12-36(24(27)10-25(19)37)29(39)23-14-35-13-17(3-7-26(35)34-23)33-28(38)20-5-2-16(31)8-22(20)32/h2-10,13-15,37H,11-12H2,1H3,(H,33,38)/t15-/m1/s1. The van der Waals surface area contributed by atoms with E-state index in [9.17, 15) is 14.7 Å². The average molecular weight is 596 g/mol. The van der Waals surface area contributed by atoms with E-state index in [2.05, 4.69) is 10.3 Å². The second-order valence-corrected chi connectivity index (χ2v) is 10.5. The summed E-state index contributed by atoms with van der Waals surface area (Å²) in [7, 11) is 1.58. The van der Waals surface area contributed by atoms with Crippen LogP contribution in [-0.2, 0) is 0 Å². The molecular formula is C29H21Cl3N4O4. The summed E-state index contributed by atoms with van der Waals surface area (Å²) in [6.45, 7) is 0.338. The van der Waals surface area contributed by atoms with Gasteiger partial charge in [-0.25, -0.2) is 4.98 Å². The molecule has 2 aromatic heterocycles. The van der Waals surface area contributed by atoms with Crippen LogP contribution in [0.5, 0.6) is 11.5 Å². The van der Waals surface area contributed by atoms with Crippen molar-refractivity contribution in [2.24, 2.45) is 0 Å². The molecule has 0 fully saturated rings. The number of ether oxygens (including phenoxy) is 1. The van der Waals surface area contributed by atoms with Gasteiger partial charge in [0.2, 0.25) is 0 Å². The molecule has 2 N–H and O–H groups in total. The molecule has 0 aliphatic carbocycles. The first-order chi connectivity index (χ1) is 19.3. The highest BCUT2D eigenvalue weighted by atomic mass is 35.5. The first kappa shape index (κ1) is 26.3. The number of alkyl halides is 1. The van der Waals surface area contributed by atoms with E-state index < -0.39 is 5.91 Å². The monoisotopic (exact) mass is 594 g/mol. The zero-order valence-electron chi connectivity index (χ0n) is 21.0. The molecule has 1 atom stereocenters. The highest BCUT2D eigenvalue weighted by molar-refractivity contribution is 6.37. The number of phenols is 1. The Labute approximate surface area is 243 Å². The minimum Gasteiger partial charge on any atom is -0.507 e. The SMILES string of the molecule is COc1ccc2c(O)cc3c(c2c1)[C@H](CCl)CN3C(=O)c1cn2cc(NC(=O)c3ccc(Cl)cc3Cl)ccc2n1. The number of phenolic OH excluding ortho intramolecular Hbond substituents is 1. The number of nitrogens with one attached hydrogen (secondary N) is 1. The number of rotatable bonds is 5. The van der Waals surface area contributed by atoms with Crippen LogP contribution in [0.3, 0.4) is 0 Å². The minimum absolute atomic E-state index is 0.0561. The topological polar surface area (TPSA) is 96.2 Å². The molecule has 5 aromatic rings. The van der Waals surface area contributed by atoms with Crippen molar-refractivity contribution >= 4 is 74.4 Å². The molecule has 11 heteroatoms. The van der Waals surface area contributed by atoms with Crippen LogP contribution in [0.2, 0.25) is 10.0 Å². The molecule has 0 saturated heterocycles. The number of carbonyl (C=O) groups excluding carboxylic acids is 2. The van der Waals surface area contributed by atoms with E-state index >= 15 is 0 Å². The molecule has 0 spiro atoms. The molecule has 3 aromatic carbocycles. The third kappa shape index (κ3) is 4.48. The average Bonchev–Trinajstić information content (AvgIpc) is 3.53. The number of hydrogen-bond donors (Lipinski definition) is 2. The van der Waals surface area contributed by atoms with Crippen LogP contribution < -0.4 is 15.0 Å².